The topological polar surface area (TPSA) is 40.6 Å². The van der Waals surface area contributed by atoms with Crippen LogP contribution in [0.3, 0.4) is 0 Å². The van der Waals surface area contributed by atoms with Gasteiger partial charge in [0.1, 0.15) is 11.6 Å². The highest BCUT2D eigenvalue weighted by atomic mass is 15.1. The summed E-state index contributed by atoms with van der Waals surface area (Å²) in [5.41, 5.74) is 13.3. The molecule has 0 spiro atoms. The highest BCUT2D eigenvalue weighted by molar-refractivity contribution is 6.19. The lowest BCUT2D eigenvalue weighted by Gasteiger charge is -2.22. The van der Waals surface area contributed by atoms with Crippen LogP contribution in [-0.4, -0.2) is 23.7 Å². The van der Waals surface area contributed by atoms with Crippen LogP contribution in [0, 0.1) is 0 Å². The quantitative estimate of drug-likeness (QED) is 0.185. The van der Waals surface area contributed by atoms with Gasteiger partial charge < -0.3 is 4.57 Å². The molecule has 0 atom stereocenters. The second-order valence-corrected chi connectivity index (χ2v) is 15.4. The fourth-order valence-corrected chi connectivity index (χ4v) is 8.79. The zero-order valence-corrected chi connectivity index (χ0v) is 30.8. The predicted octanol–water partition coefficient (Wildman–Crippen LogP) is 12.3. The van der Waals surface area contributed by atoms with Gasteiger partial charge in [-0.1, -0.05) is 100 Å². The van der Waals surface area contributed by atoms with Gasteiger partial charge in [0.2, 0.25) is 0 Å². The number of rotatable bonds is 3. The molecule has 0 saturated carbocycles. The Hall–Kier alpha value is -5.94. The van der Waals surface area contributed by atoms with Gasteiger partial charge in [0.15, 0.2) is 0 Å². The van der Waals surface area contributed by atoms with Crippen LogP contribution < -0.4 is 0 Å². The molecule has 5 heteroatoms. The number of hydrogen-bond donors (Lipinski definition) is 0. The van der Waals surface area contributed by atoms with Crippen LogP contribution in [0.25, 0.3) is 72.2 Å². The number of fused-ring (bicyclic) bond motifs is 9. The summed E-state index contributed by atoms with van der Waals surface area (Å²) in [5, 5.41) is 4.96. The Morgan fingerprint density at radius 2 is 1.23 bits per heavy atom. The number of imidazole rings is 1. The van der Waals surface area contributed by atoms with Crippen molar-refractivity contribution in [1.29, 1.82) is 0 Å². The van der Waals surface area contributed by atoms with Gasteiger partial charge in [-0.3, -0.25) is 9.13 Å². The highest BCUT2D eigenvalue weighted by Gasteiger charge is 2.23. The molecule has 8 bridgehead atoms. The fourth-order valence-electron chi connectivity index (χ4n) is 8.79. The number of benzene rings is 5. The molecule has 53 heavy (non-hydrogen) atoms. The van der Waals surface area contributed by atoms with Crippen LogP contribution in [-0.2, 0) is 12.8 Å². The van der Waals surface area contributed by atoms with Crippen LogP contribution in [0.4, 0.5) is 0 Å². The lowest BCUT2D eigenvalue weighted by Crippen LogP contribution is -2.08. The van der Waals surface area contributed by atoms with Gasteiger partial charge in [-0.2, -0.15) is 0 Å². The Morgan fingerprint density at radius 3 is 1.92 bits per heavy atom. The highest BCUT2D eigenvalue weighted by Crippen LogP contribution is 2.41. The van der Waals surface area contributed by atoms with E-state index >= 15 is 0 Å². The van der Waals surface area contributed by atoms with Crippen molar-refractivity contribution in [2.24, 2.45) is 0 Å². The molecule has 5 aromatic carbocycles. The van der Waals surface area contributed by atoms with Gasteiger partial charge in [-0.25, -0.2) is 9.97 Å². The maximum absolute atomic E-state index is 5.46. The SMILES string of the molecule is CC(C)c1cccc(C(C)C)c1-n1cc2nc1-c1cccc(c1)-n1c3ccccc3c3cc4c5ccccc5n(c4cc31)-c1ccc(cn1)CCCC2. The molecule has 0 unspecified atom stereocenters. The molecule has 4 aromatic heterocycles. The van der Waals surface area contributed by atoms with Crippen molar-refractivity contribution in [2.45, 2.75) is 65.2 Å². The average Bonchev–Trinajstić information content (AvgIpc) is 3.85. The maximum atomic E-state index is 5.46. The Balaban J connectivity index is 1.29. The summed E-state index contributed by atoms with van der Waals surface area (Å²) in [5.74, 6) is 2.69. The maximum Gasteiger partial charge on any atom is 0.144 e. The van der Waals surface area contributed by atoms with Gasteiger partial charge in [0.05, 0.1) is 33.4 Å². The molecule has 5 nitrogen and oxygen atoms in total. The van der Waals surface area contributed by atoms with Crippen molar-refractivity contribution >= 4 is 43.6 Å². The van der Waals surface area contributed by atoms with E-state index in [1.54, 1.807) is 0 Å². The molecule has 260 valence electrons. The molecular weight excluding hydrogens is 647 g/mol. The number of hydrogen-bond acceptors (Lipinski definition) is 2. The van der Waals surface area contributed by atoms with Gasteiger partial charge in [0, 0.05) is 45.2 Å². The van der Waals surface area contributed by atoms with E-state index < -0.39 is 0 Å². The minimum absolute atomic E-state index is 0.373. The molecular formula is C48H43N5. The Labute approximate surface area is 310 Å². The fraction of sp³-hybridized carbons (Fsp3) is 0.208. The zero-order chi connectivity index (χ0) is 35.8. The lowest BCUT2D eigenvalue weighted by molar-refractivity contribution is 0.723. The molecule has 0 radical (unpaired) electrons. The van der Waals surface area contributed by atoms with E-state index in [2.05, 4.69) is 169 Å². The van der Waals surface area contributed by atoms with Crippen LogP contribution >= 0.6 is 0 Å². The van der Waals surface area contributed by atoms with E-state index in [0.717, 1.165) is 59.8 Å². The van der Waals surface area contributed by atoms with Crippen molar-refractivity contribution in [3.05, 3.63) is 150 Å². The summed E-state index contributed by atoms with van der Waals surface area (Å²) < 4.78 is 7.20. The third-order valence-electron chi connectivity index (χ3n) is 11.4. The molecule has 9 aromatic rings. The molecule has 0 aliphatic carbocycles. The second-order valence-electron chi connectivity index (χ2n) is 15.4. The van der Waals surface area contributed by atoms with Gasteiger partial charge in [-0.05, 0) is 96.7 Å². The zero-order valence-electron chi connectivity index (χ0n) is 30.8. The lowest BCUT2D eigenvalue weighted by atomic mass is 9.92. The first-order valence-corrected chi connectivity index (χ1v) is 19.2. The van der Waals surface area contributed by atoms with Gasteiger partial charge in [-0.15, -0.1) is 0 Å². The average molecular weight is 690 g/mol. The van der Waals surface area contributed by atoms with E-state index in [4.69, 9.17) is 9.97 Å². The molecule has 2 aliphatic heterocycles. The van der Waals surface area contributed by atoms with Crippen molar-refractivity contribution in [2.75, 3.05) is 0 Å². The van der Waals surface area contributed by atoms with Crippen molar-refractivity contribution in [1.82, 2.24) is 23.7 Å². The molecule has 0 fully saturated rings. The van der Waals surface area contributed by atoms with Crippen molar-refractivity contribution in [3.63, 3.8) is 0 Å². The third-order valence-corrected chi connectivity index (χ3v) is 11.4. The number of nitrogens with zero attached hydrogens (tertiary/aromatic N) is 5. The molecule has 2 aliphatic rings. The molecule has 0 saturated heterocycles. The van der Waals surface area contributed by atoms with Gasteiger partial charge >= 0.3 is 0 Å². The predicted molar refractivity (Wildman–Crippen MR) is 220 cm³/mol. The first-order valence-electron chi connectivity index (χ1n) is 19.2. The molecule has 0 N–H and O–H groups in total. The third kappa shape index (κ3) is 5.05. The van der Waals surface area contributed by atoms with Crippen LogP contribution in [0.2, 0.25) is 0 Å². The van der Waals surface area contributed by atoms with E-state index in [1.807, 2.05) is 0 Å². The van der Waals surface area contributed by atoms with Crippen molar-refractivity contribution < 1.29 is 0 Å². The molecule has 6 heterocycles. The van der Waals surface area contributed by atoms with Crippen molar-refractivity contribution in [3.8, 4) is 28.6 Å². The standard InChI is InChI=1S/C48H43N5/c1-30(2)36-19-12-20-37(31(3)4)47(36)51-29-34-15-6-5-13-32-23-24-46(49-28-32)53-43-22-10-8-18-39(43)41-26-40-38-17-7-9-21-42(38)52(44(40)27-45(41)53)35-16-11-14-33(25-35)48(51)50-34/h7-12,14,16-31H,5-6,13,15H2,1-4H3. The summed E-state index contributed by atoms with van der Waals surface area (Å²) in [6.45, 7) is 9.21. The van der Waals surface area contributed by atoms with E-state index in [9.17, 15) is 0 Å². The smallest absolute Gasteiger partial charge is 0.144 e. The van der Waals surface area contributed by atoms with E-state index in [0.29, 0.717) is 11.8 Å². The van der Waals surface area contributed by atoms with Crippen LogP contribution in [0.15, 0.2) is 128 Å². The number of pyridine rings is 1. The Kier molecular flexibility index (Phi) is 7.40. The van der Waals surface area contributed by atoms with Crippen LogP contribution in [0.5, 0.6) is 0 Å². The monoisotopic (exact) mass is 689 g/mol. The largest absolute Gasteiger partial charge is 0.309 e. The summed E-state index contributed by atoms with van der Waals surface area (Å²) in [6, 6.07) is 42.7. The summed E-state index contributed by atoms with van der Waals surface area (Å²) in [7, 11) is 0. The number of aryl methyl sites for hydroxylation is 2. The minimum Gasteiger partial charge on any atom is -0.309 e. The normalized spacial score (nSPS) is 13.3. The molecule has 11 rings (SSSR count). The Bertz CT molecular complexity index is 2820. The van der Waals surface area contributed by atoms with Gasteiger partial charge in [0.25, 0.3) is 0 Å². The van der Waals surface area contributed by atoms with Crippen LogP contribution in [0.1, 0.15) is 74.8 Å². The summed E-state index contributed by atoms with van der Waals surface area (Å²) >= 11 is 0. The van der Waals surface area contributed by atoms with E-state index in [-0.39, 0.29) is 0 Å². The van der Waals surface area contributed by atoms with E-state index in [1.165, 1.54) is 60.5 Å². The summed E-state index contributed by atoms with van der Waals surface area (Å²) in [4.78, 5) is 10.5. The summed E-state index contributed by atoms with van der Waals surface area (Å²) in [6.07, 6.45) is 8.45. The first kappa shape index (κ1) is 31.8. The minimum atomic E-state index is 0.373. The Morgan fingerprint density at radius 1 is 0.566 bits per heavy atom. The first-order chi connectivity index (χ1) is 25.9. The second kappa shape index (κ2) is 12.3. The number of aromatic nitrogens is 5. The number of para-hydroxylation sites is 3. The molecule has 0 amide bonds.